The zero-order valence-corrected chi connectivity index (χ0v) is 12.8. The lowest BCUT2D eigenvalue weighted by Gasteiger charge is -2.24. The maximum atomic E-state index is 6.18. The first-order valence-corrected chi connectivity index (χ1v) is 7.42. The van der Waals surface area contributed by atoms with Crippen LogP contribution >= 0.6 is 34.2 Å². The Labute approximate surface area is 117 Å². The van der Waals surface area contributed by atoms with Gasteiger partial charge in [-0.15, -0.1) is 0 Å². The molecule has 16 heavy (non-hydrogen) atoms. The molecule has 0 aliphatic carbocycles. The Morgan fingerprint density at radius 1 is 1.25 bits per heavy atom. The van der Waals surface area contributed by atoms with E-state index in [-0.39, 0.29) is 12.2 Å². The molecule has 0 aliphatic rings. The monoisotopic (exact) mass is 352 g/mol. The van der Waals surface area contributed by atoms with Gasteiger partial charge in [-0.1, -0.05) is 66.2 Å². The van der Waals surface area contributed by atoms with Gasteiger partial charge >= 0.3 is 0 Å². The van der Waals surface area contributed by atoms with Crippen molar-refractivity contribution in [2.24, 2.45) is 5.92 Å². The second-order valence-corrected chi connectivity index (χ2v) is 5.54. The fraction of sp³-hybridized carbons (Fsp3) is 0.538. The van der Waals surface area contributed by atoms with Crippen LogP contribution in [0, 0.1) is 5.92 Å². The van der Waals surface area contributed by atoms with Crippen molar-refractivity contribution in [1.29, 1.82) is 0 Å². The average molecular weight is 353 g/mol. The van der Waals surface area contributed by atoms with Crippen LogP contribution in [-0.2, 0) is 4.74 Å². The first-order chi connectivity index (χ1) is 7.56. The molecular formula is C13H18ClIO. The average Bonchev–Trinajstić information content (AvgIpc) is 2.26. The van der Waals surface area contributed by atoms with Gasteiger partial charge in [-0.3, -0.25) is 0 Å². The summed E-state index contributed by atoms with van der Waals surface area (Å²) in [6.07, 6.45) is 0.336. The van der Waals surface area contributed by atoms with Gasteiger partial charge in [-0.25, -0.2) is 0 Å². The van der Waals surface area contributed by atoms with Crippen LogP contribution in [-0.4, -0.2) is 10.5 Å². The molecule has 0 fully saturated rings. The van der Waals surface area contributed by atoms with Crippen LogP contribution in [0.3, 0.4) is 0 Å². The van der Waals surface area contributed by atoms with Gasteiger partial charge in [0, 0.05) is 15.0 Å². The summed E-state index contributed by atoms with van der Waals surface area (Å²) in [5.74, 6) is 0.521. The maximum Gasteiger partial charge on any atom is 0.0932 e. The van der Waals surface area contributed by atoms with Crippen LogP contribution < -0.4 is 0 Å². The molecule has 0 spiro atoms. The van der Waals surface area contributed by atoms with Crippen LogP contribution in [0.15, 0.2) is 24.3 Å². The van der Waals surface area contributed by atoms with E-state index in [0.29, 0.717) is 5.92 Å². The lowest BCUT2D eigenvalue weighted by Crippen LogP contribution is -2.20. The van der Waals surface area contributed by atoms with Crippen LogP contribution in [0.1, 0.15) is 32.4 Å². The van der Waals surface area contributed by atoms with Crippen molar-refractivity contribution in [1.82, 2.24) is 0 Å². The van der Waals surface area contributed by atoms with Crippen molar-refractivity contribution in [3.8, 4) is 0 Å². The minimum atomic E-state index is 0.0895. The Balaban J connectivity index is 2.79. The highest BCUT2D eigenvalue weighted by Crippen LogP contribution is 2.29. The van der Waals surface area contributed by atoms with Gasteiger partial charge in [0.1, 0.15) is 0 Å². The standard InChI is InChI=1S/C13H18ClIO/c1-9(2)10(3)16-13(8-15)11-6-4-5-7-12(11)14/h4-7,9-10,13H,8H2,1-3H3. The summed E-state index contributed by atoms with van der Waals surface area (Å²) in [7, 11) is 0. The van der Waals surface area contributed by atoms with Crippen LogP contribution in [0.5, 0.6) is 0 Å². The normalized spacial score (nSPS) is 15.1. The maximum absolute atomic E-state index is 6.18. The largest absolute Gasteiger partial charge is 0.369 e. The number of hydrogen-bond acceptors (Lipinski definition) is 1. The van der Waals surface area contributed by atoms with E-state index in [1.165, 1.54) is 0 Å². The number of rotatable bonds is 5. The molecule has 3 heteroatoms. The lowest BCUT2D eigenvalue weighted by atomic mass is 10.1. The number of alkyl halides is 1. The highest BCUT2D eigenvalue weighted by Gasteiger charge is 2.18. The van der Waals surface area contributed by atoms with Crippen molar-refractivity contribution in [2.45, 2.75) is 33.0 Å². The van der Waals surface area contributed by atoms with Gasteiger partial charge < -0.3 is 4.74 Å². The fourth-order valence-electron chi connectivity index (χ4n) is 1.35. The van der Waals surface area contributed by atoms with E-state index in [9.17, 15) is 0 Å². The van der Waals surface area contributed by atoms with Gasteiger partial charge in [0.15, 0.2) is 0 Å². The summed E-state index contributed by atoms with van der Waals surface area (Å²) in [5.41, 5.74) is 1.09. The molecule has 1 aromatic carbocycles. The zero-order chi connectivity index (χ0) is 12.1. The topological polar surface area (TPSA) is 9.23 Å². The van der Waals surface area contributed by atoms with Gasteiger partial charge in [0.2, 0.25) is 0 Å². The Kier molecular flexibility index (Phi) is 6.08. The first kappa shape index (κ1) is 14.3. The lowest BCUT2D eigenvalue weighted by molar-refractivity contribution is -0.0133. The molecule has 2 atom stereocenters. The van der Waals surface area contributed by atoms with Crippen LogP contribution in [0.25, 0.3) is 0 Å². The molecule has 2 unspecified atom stereocenters. The predicted octanol–water partition coefficient (Wildman–Crippen LogP) is 4.88. The third kappa shape index (κ3) is 3.90. The number of hydrogen-bond donors (Lipinski definition) is 0. The Hall–Kier alpha value is 0.200. The number of ether oxygens (including phenoxy) is 1. The Morgan fingerprint density at radius 3 is 2.38 bits per heavy atom. The van der Waals surface area contributed by atoms with E-state index in [1.54, 1.807) is 0 Å². The molecule has 0 aliphatic heterocycles. The van der Waals surface area contributed by atoms with E-state index >= 15 is 0 Å². The van der Waals surface area contributed by atoms with Gasteiger partial charge in [0.25, 0.3) is 0 Å². The third-order valence-corrected chi connectivity index (χ3v) is 3.85. The van der Waals surface area contributed by atoms with Crippen molar-refractivity contribution >= 4 is 34.2 Å². The minimum Gasteiger partial charge on any atom is -0.369 e. The summed E-state index contributed by atoms with van der Waals surface area (Å²) in [6, 6.07) is 7.91. The summed E-state index contributed by atoms with van der Waals surface area (Å²) in [4.78, 5) is 0. The molecule has 0 amide bonds. The Morgan fingerprint density at radius 2 is 1.88 bits per heavy atom. The zero-order valence-electron chi connectivity index (χ0n) is 9.91. The van der Waals surface area contributed by atoms with E-state index in [4.69, 9.17) is 16.3 Å². The second-order valence-electron chi connectivity index (χ2n) is 4.25. The molecule has 0 heterocycles. The quantitative estimate of drug-likeness (QED) is 0.542. The Bertz CT molecular complexity index is 327. The number of halogens is 2. The van der Waals surface area contributed by atoms with E-state index in [1.807, 2.05) is 24.3 Å². The van der Waals surface area contributed by atoms with Crippen molar-refractivity contribution in [3.63, 3.8) is 0 Å². The third-order valence-electron chi connectivity index (χ3n) is 2.71. The molecular weight excluding hydrogens is 334 g/mol. The van der Waals surface area contributed by atoms with E-state index in [0.717, 1.165) is 15.0 Å². The van der Waals surface area contributed by atoms with E-state index in [2.05, 4.69) is 43.4 Å². The van der Waals surface area contributed by atoms with Gasteiger partial charge in [0.05, 0.1) is 12.2 Å². The van der Waals surface area contributed by atoms with Crippen molar-refractivity contribution in [3.05, 3.63) is 34.9 Å². The fourth-order valence-corrected chi connectivity index (χ4v) is 2.28. The summed E-state index contributed by atoms with van der Waals surface area (Å²) < 4.78 is 6.95. The molecule has 90 valence electrons. The predicted molar refractivity (Wildman–Crippen MR) is 78.5 cm³/mol. The summed E-state index contributed by atoms with van der Waals surface area (Å²) in [6.45, 7) is 6.45. The van der Waals surface area contributed by atoms with Gasteiger partial charge in [-0.2, -0.15) is 0 Å². The SMILES string of the molecule is CC(C)C(C)OC(CI)c1ccccc1Cl. The van der Waals surface area contributed by atoms with Gasteiger partial charge in [-0.05, 0) is 18.9 Å². The molecule has 1 aromatic rings. The summed E-state index contributed by atoms with van der Waals surface area (Å²) >= 11 is 8.52. The molecule has 0 radical (unpaired) electrons. The highest BCUT2D eigenvalue weighted by atomic mass is 127. The molecule has 0 N–H and O–H groups in total. The molecule has 0 aromatic heterocycles. The smallest absolute Gasteiger partial charge is 0.0932 e. The molecule has 1 rings (SSSR count). The van der Waals surface area contributed by atoms with Crippen LogP contribution in [0.4, 0.5) is 0 Å². The first-order valence-electron chi connectivity index (χ1n) is 5.52. The van der Waals surface area contributed by atoms with Crippen LogP contribution in [0.2, 0.25) is 5.02 Å². The minimum absolute atomic E-state index is 0.0895. The molecule has 0 bridgehead atoms. The highest BCUT2D eigenvalue weighted by molar-refractivity contribution is 14.1. The molecule has 0 saturated carbocycles. The molecule has 1 nitrogen and oxygen atoms in total. The van der Waals surface area contributed by atoms with E-state index < -0.39 is 0 Å². The van der Waals surface area contributed by atoms with Crippen molar-refractivity contribution < 1.29 is 4.74 Å². The summed E-state index contributed by atoms with van der Waals surface area (Å²) in [5, 5.41) is 0.792. The molecule has 0 saturated heterocycles. The second kappa shape index (κ2) is 6.82. The number of benzene rings is 1. The van der Waals surface area contributed by atoms with Crippen molar-refractivity contribution in [2.75, 3.05) is 4.43 Å².